The molecule has 0 bridgehead atoms. The monoisotopic (exact) mass is 203 g/mol. The highest BCUT2D eigenvalue weighted by Gasteiger charge is 2.31. The summed E-state index contributed by atoms with van der Waals surface area (Å²) in [5, 5.41) is 0.491. The first-order valence-corrected chi connectivity index (χ1v) is 6.45. The van der Waals surface area contributed by atoms with Crippen LogP contribution < -0.4 is 5.73 Å². The molecule has 2 nitrogen and oxygen atoms in total. The van der Waals surface area contributed by atoms with Crippen LogP contribution in [-0.4, -0.2) is 20.8 Å². The maximum absolute atomic E-state index is 11.9. The summed E-state index contributed by atoms with van der Waals surface area (Å²) in [6.45, 7) is 6.26. The molecule has 3 heteroatoms. The SMILES string of the molecule is CC1CCC(N)C(S(=O)C(C)C)C1. The number of rotatable bonds is 2. The Bertz CT molecular complexity index is 193. The summed E-state index contributed by atoms with van der Waals surface area (Å²) in [4.78, 5) is 0. The van der Waals surface area contributed by atoms with Crippen LogP contribution in [0.3, 0.4) is 0 Å². The highest BCUT2D eigenvalue weighted by atomic mass is 32.2. The van der Waals surface area contributed by atoms with E-state index in [-0.39, 0.29) is 16.5 Å². The molecule has 0 radical (unpaired) electrons. The van der Waals surface area contributed by atoms with E-state index < -0.39 is 10.8 Å². The van der Waals surface area contributed by atoms with E-state index in [1.165, 1.54) is 6.42 Å². The van der Waals surface area contributed by atoms with Crippen LogP contribution in [0.1, 0.15) is 40.0 Å². The molecule has 0 heterocycles. The van der Waals surface area contributed by atoms with Crippen molar-refractivity contribution in [2.24, 2.45) is 11.7 Å². The molecule has 1 aliphatic carbocycles. The number of hydrogen-bond acceptors (Lipinski definition) is 2. The van der Waals surface area contributed by atoms with E-state index >= 15 is 0 Å². The lowest BCUT2D eigenvalue weighted by molar-refractivity contribution is 0.352. The molecule has 78 valence electrons. The topological polar surface area (TPSA) is 43.1 Å². The van der Waals surface area contributed by atoms with Gasteiger partial charge >= 0.3 is 0 Å². The third-order valence-corrected chi connectivity index (χ3v) is 4.94. The van der Waals surface area contributed by atoms with E-state index in [4.69, 9.17) is 5.73 Å². The van der Waals surface area contributed by atoms with Crippen molar-refractivity contribution in [3.05, 3.63) is 0 Å². The molecule has 0 aromatic heterocycles. The lowest BCUT2D eigenvalue weighted by atomic mass is 9.87. The van der Waals surface area contributed by atoms with Crippen LogP contribution in [0.5, 0.6) is 0 Å². The smallest absolute Gasteiger partial charge is 0.0504 e. The van der Waals surface area contributed by atoms with Gasteiger partial charge in [0.25, 0.3) is 0 Å². The molecular weight excluding hydrogens is 182 g/mol. The largest absolute Gasteiger partial charge is 0.327 e. The van der Waals surface area contributed by atoms with Crippen LogP contribution in [0.2, 0.25) is 0 Å². The Morgan fingerprint density at radius 2 is 2.00 bits per heavy atom. The molecule has 1 aliphatic rings. The van der Waals surface area contributed by atoms with Crippen LogP contribution in [0.4, 0.5) is 0 Å². The van der Waals surface area contributed by atoms with E-state index in [2.05, 4.69) is 6.92 Å². The van der Waals surface area contributed by atoms with Gasteiger partial charge in [-0.05, 0) is 25.2 Å². The Morgan fingerprint density at radius 3 is 2.54 bits per heavy atom. The van der Waals surface area contributed by atoms with E-state index in [9.17, 15) is 4.21 Å². The Balaban J connectivity index is 2.60. The van der Waals surface area contributed by atoms with Gasteiger partial charge in [0, 0.05) is 22.1 Å². The van der Waals surface area contributed by atoms with Crippen LogP contribution in [0.25, 0.3) is 0 Å². The van der Waals surface area contributed by atoms with Crippen molar-refractivity contribution in [1.82, 2.24) is 0 Å². The standard InChI is InChI=1S/C10H21NOS/c1-7(2)13(12)10-6-8(3)4-5-9(10)11/h7-10H,4-6,11H2,1-3H3. The zero-order valence-corrected chi connectivity index (χ0v) is 9.64. The molecule has 4 atom stereocenters. The van der Waals surface area contributed by atoms with Crippen molar-refractivity contribution >= 4 is 10.8 Å². The molecule has 1 saturated carbocycles. The molecule has 0 aliphatic heterocycles. The highest BCUT2D eigenvalue weighted by Crippen LogP contribution is 2.27. The summed E-state index contributed by atoms with van der Waals surface area (Å²) < 4.78 is 11.9. The summed E-state index contributed by atoms with van der Waals surface area (Å²) in [7, 11) is -0.734. The Morgan fingerprint density at radius 1 is 1.38 bits per heavy atom. The lowest BCUT2D eigenvalue weighted by Crippen LogP contribution is -2.44. The van der Waals surface area contributed by atoms with Gasteiger partial charge in [0.05, 0.1) is 5.25 Å². The summed E-state index contributed by atoms with van der Waals surface area (Å²) >= 11 is 0. The molecule has 1 fully saturated rings. The fourth-order valence-corrected chi connectivity index (χ4v) is 3.67. The van der Waals surface area contributed by atoms with Crippen molar-refractivity contribution in [3.63, 3.8) is 0 Å². The molecule has 0 aromatic rings. The van der Waals surface area contributed by atoms with Gasteiger partial charge in [-0.15, -0.1) is 0 Å². The van der Waals surface area contributed by atoms with Gasteiger partial charge in [0.1, 0.15) is 0 Å². The summed E-state index contributed by atoms with van der Waals surface area (Å²) in [5.41, 5.74) is 5.99. The third-order valence-electron chi connectivity index (χ3n) is 2.87. The van der Waals surface area contributed by atoms with Gasteiger partial charge in [-0.3, -0.25) is 4.21 Å². The zero-order chi connectivity index (χ0) is 10.0. The van der Waals surface area contributed by atoms with E-state index in [0.717, 1.165) is 12.8 Å². The first kappa shape index (κ1) is 11.2. The molecule has 0 saturated heterocycles. The van der Waals surface area contributed by atoms with Crippen molar-refractivity contribution in [2.75, 3.05) is 0 Å². The van der Waals surface area contributed by atoms with E-state index in [0.29, 0.717) is 5.92 Å². The third kappa shape index (κ3) is 2.78. The van der Waals surface area contributed by atoms with Gasteiger partial charge in [-0.25, -0.2) is 0 Å². The highest BCUT2D eigenvalue weighted by molar-refractivity contribution is 7.86. The molecule has 13 heavy (non-hydrogen) atoms. The predicted octanol–water partition coefficient (Wildman–Crippen LogP) is 1.66. The van der Waals surface area contributed by atoms with Gasteiger partial charge < -0.3 is 5.73 Å². The average molecular weight is 203 g/mol. The van der Waals surface area contributed by atoms with E-state index in [1.54, 1.807) is 0 Å². The second-order valence-electron chi connectivity index (χ2n) is 4.50. The molecule has 1 rings (SSSR count). The van der Waals surface area contributed by atoms with Gasteiger partial charge in [-0.1, -0.05) is 20.8 Å². The first-order valence-electron chi connectivity index (χ1n) is 5.17. The molecule has 4 unspecified atom stereocenters. The van der Waals surface area contributed by atoms with Crippen molar-refractivity contribution < 1.29 is 4.21 Å². The van der Waals surface area contributed by atoms with E-state index in [1.807, 2.05) is 13.8 Å². The minimum Gasteiger partial charge on any atom is -0.327 e. The quantitative estimate of drug-likeness (QED) is 0.741. The minimum absolute atomic E-state index is 0.166. The minimum atomic E-state index is -0.734. The molecular formula is C10H21NOS. The van der Waals surface area contributed by atoms with Crippen molar-refractivity contribution in [3.8, 4) is 0 Å². The lowest BCUT2D eigenvalue weighted by Gasteiger charge is -2.32. The Labute approximate surface area is 83.7 Å². The maximum Gasteiger partial charge on any atom is 0.0504 e. The van der Waals surface area contributed by atoms with Crippen LogP contribution in [0, 0.1) is 5.92 Å². The average Bonchev–Trinajstić information content (AvgIpc) is 2.08. The van der Waals surface area contributed by atoms with Crippen LogP contribution in [-0.2, 0) is 10.8 Å². The Kier molecular flexibility index (Phi) is 3.92. The number of nitrogens with two attached hydrogens (primary N) is 1. The van der Waals surface area contributed by atoms with Gasteiger partial charge in [-0.2, -0.15) is 0 Å². The second kappa shape index (κ2) is 4.56. The molecule has 2 N–H and O–H groups in total. The summed E-state index contributed by atoms with van der Waals surface area (Å²) in [5.74, 6) is 0.701. The molecule has 0 spiro atoms. The zero-order valence-electron chi connectivity index (χ0n) is 8.82. The fourth-order valence-electron chi connectivity index (χ4n) is 1.97. The second-order valence-corrected chi connectivity index (χ2v) is 6.70. The predicted molar refractivity (Wildman–Crippen MR) is 58.1 cm³/mol. The molecule has 0 aromatic carbocycles. The molecule has 0 amide bonds. The van der Waals surface area contributed by atoms with Crippen LogP contribution in [0.15, 0.2) is 0 Å². The maximum atomic E-state index is 11.9. The fraction of sp³-hybridized carbons (Fsp3) is 1.00. The van der Waals surface area contributed by atoms with Crippen molar-refractivity contribution in [1.29, 1.82) is 0 Å². The van der Waals surface area contributed by atoms with Gasteiger partial charge in [0.15, 0.2) is 0 Å². The summed E-state index contributed by atoms with van der Waals surface area (Å²) in [6, 6.07) is 0.166. The first-order chi connectivity index (χ1) is 6.02. The van der Waals surface area contributed by atoms with Gasteiger partial charge in [0.2, 0.25) is 0 Å². The normalized spacial score (nSPS) is 37.8. The number of hydrogen-bond donors (Lipinski definition) is 1. The Hall–Kier alpha value is 0.110. The van der Waals surface area contributed by atoms with Crippen molar-refractivity contribution in [2.45, 2.75) is 56.6 Å². The summed E-state index contributed by atoms with van der Waals surface area (Å²) in [6.07, 6.45) is 3.29. The van der Waals surface area contributed by atoms with Crippen LogP contribution >= 0.6 is 0 Å².